The molecule has 0 unspecified atom stereocenters. The molecule has 5 rings (SSSR count). The third-order valence-corrected chi connectivity index (χ3v) is 6.77. The van der Waals surface area contributed by atoms with Crippen molar-refractivity contribution in [3.8, 4) is 11.5 Å². The van der Waals surface area contributed by atoms with Gasteiger partial charge in [-0.1, -0.05) is 6.07 Å². The number of hydrogen-bond acceptors (Lipinski definition) is 5. The fourth-order valence-corrected chi connectivity index (χ4v) is 5.86. The van der Waals surface area contributed by atoms with Gasteiger partial charge in [0.25, 0.3) is 5.97 Å². The van der Waals surface area contributed by atoms with E-state index in [0.717, 1.165) is 50.7 Å². The molecule has 0 amide bonds. The minimum Gasteiger partial charge on any atom is -0.493 e. The maximum atomic E-state index is 10.6. The first kappa shape index (κ1) is 17.6. The van der Waals surface area contributed by atoms with Crippen molar-refractivity contribution < 1.29 is 24.5 Å². The number of carboxylic acid groups (broad SMARTS) is 1. The molecule has 2 heterocycles. The Labute approximate surface area is 153 Å². The number of carbonyl (C=O) groups is 1. The number of aliphatic hydroxyl groups is 1. The van der Waals surface area contributed by atoms with E-state index in [2.05, 4.69) is 18.0 Å². The normalized spacial score (nSPS) is 36.3. The highest BCUT2D eigenvalue weighted by molar-refractivity contribution is 5.63. The third-order valence-electron chi connectivity index (χ3n) is 6.77. The van der Waals surface area contributed by atoms with Crippen LogP contribution < -0.4 is 9.47 Å². The first-order valence-electron chi connectivity index (χ1n) is 9.35. The molecule has 1 spiro atoms. The lowest BCUT2D eigenvalue weighted by Crippen LogP contribution is -2.66. The van der Waals surface area contributed by atoms with Crippen LogP contribution >= 0.6 is 0 Å². The van der Waals surface area contributed by atoms with Gasteiger partial charge in [0.2, 0.25) is 0 Å². The Morgan fingerprint density at radius 1 is 1.38 bits per heavy atom. The van der Waals surface area contributed by atoms with Gasteiger partial charge in [0.1, 0.15) is 6.10 Å². The van der Waals surface area contributed by atoms with E-state index in [1.807, 2.05) is 6.07 Å². The highest BCUT2D eigenvalue weighted by Gasteiger charge is 2.65. The summed E-state index contributed by atoms with van der Waals surface area (Å²) >= 11 is 0. The molecule has 0 radical (unpaired) electrons. The summed E-state index contributed by atoms with van der Waals surface area (Å²) in [5, 5.41) is 18.1. The van der Waals surface area contributed by atoms with Crippen LogP contribution in [0.25, 0.3) is 0 Å². The highest BCUT2D eigenvalue weighted by atomic mass is 16.5. The number of methoxy groups -OCH3 is 1. The van der Waals surface area contributed by atoms with E-state index < -0.39 is 5.97 Å². The molecule has 2 N–H and O–H groups in total. The Bertz CT molecular complexity index is 731. The average molecular weight is 361 g/mol. The van der Waals surface area contributed by atoms with Gasteiger partial charge in [-0.2, -0.15) is 0 Å². The first-order valence-corrected chi connectivity index (χ1v) is 9.35. The van der Waals surface area contributed by atoms with Crippen LogP contribution in [0.15, 0.2) is 12.1 Å². The Morgan fingerprint density at radius 3 is 2.81 bits per heavy atom. The van der Waals surface area contributed by atoms with Gasteiger partial charge >= 0.3 is 0 Å². The maximum absolute atomic E-state index is 10.6. The Balaban J connectivity index is 0.000000385. The van der Waals surface area contributed by atoms with Crippen LogP contribution in [-0.2, 0) is 16.6 Å². The number of likely N-dealkylation sites (N-methyl/N-ethyl adjacent to an activating group) is 1. The molecule has 142 valence electrons. The molecule has 6 heteroatoms. The number of benzene rings is 1. The lowest BCUT2D eigenvalue weighted by atomic mass is 9.51. The van der Waals surface area contributed by atoms with E-state index >= 15 is 0 Å². The second-order valence-electron chi connectivity index (χ2n) is 7.98. The standard InChI is InChI=1S/C18H23NO3.C2H4O2/c1-19-8-7-18-11-4-5-13(20)17(18)22-16-14(21-2)6-3-10(15(16)18)9-12(11)19;1-2(3)4/h3,6,11-13,17,20H,4-5,7-9H2,1-2H3;1H3,(H,3,4)/t11-,12+,13-,17-,18-;/m0./s1. The van der Waals surface area contributed by atoms with E-state index in [-0.39, 0.29) is 17.6 Å². The quantitative estimate of drug-likeness (QED) is 0.794. The Hall–Kier alpha value is -1.79. The molecule has 1 aromatic carbocycles. The van der Waals surface area contributed by atoms with Crippen molar-refractivity contribution in [3.05, 3.63) is 23.3 Å². The van der Waals surface area contributed by atoms with Gasteiger partial charge < -0.3 is 24.6 Å². The number of carboxylic acids is 1. The molecular weight excluding hydrogens is 334 g/mol. The number of ether oxygens (including phenoxy) is 2. The molecule has 1 aromatic rings. The summed E-state index contributed by atoms with van der Waals surface area (Å²) < 4.78 is 11.9. The second-order valence-corrected chi connectivity index (χ2v) is 7.98. The lowest BCUT2D eigenvalue weighted by molar-refractivity contribution is -0.134. The summed E-state index contributed by atoms with van der Waals surface area (Å²) in [5.74, 6) is 1.50. The van der Waals surface area contributed by atoms with Gasteiger partial charge in [-0.3, -0.25) is 4.79 Å². The number of nitrogens with zero attached hydrogens (tertiary/aromatic N) is 1. The van der Waals surface area contributed by atoms with Gasteiger partial charge in [-0.25, -0.2) is 0 Å². The summed E-state index contributed by atoms with van der Waals surface area (Å²) in [4.78, 5) is 11.5. The van der Waals surface area contributed by atoms with E-state index in [0.29, 0.717) is 12.0 Å². The second kappa shape index (κ2) is 6.13. The predicted octanol–water partition coefficient (Wildman–Crippen LogP) is 1.82. The molecule has 2 aliphatic carbocycles. The summed E-state index contributed by atoms with van der Waals surface area (Å²) in [6.07, 6.45) is 3.69. The molecule has 1 saturated carbocycles. The summed E-state index contributed by atoms with van der Waals surface area (Å²) in [6.45, 7) is 2.17. The van der Waals surface area contributed by atoms with Crippen molar-refractivity contribution in [1.82, 2.24) is 4.90 Å². The van der Waals surface area contributed by atoms with E-state index in [1.165, 1.54) is 11.1 Å². The summed E-state index contributed by atoms with van der Waals surface area (Å²) in [7, 11) is 3.96. The fourth-order valence-electron chi connectivity index (χ4n) is 5.86. The molecule has 2 aliphatic heterocycles. The van der Waals surface area contributed by atoms with E-state index in [1.54, 1.807) is 7.11 Å². The number of aliphatic carboxylic acids is 1. The summed E-state index contributed by atoms with van der Waals surface area (Å²) in [6, 6.07) is 4.83. The smallest absolute Gasteiger partial charge is 0.300 e. The van der Waals surface area contributed by atoms with Gasteiger partial charge in [-0.05, 0) is 56.8 Å². The average Bonchev–Trinajstić information content (AvgIpc) is 2.94. The van der Waals surface area contributed by atoms with Crippen molar-refractivity contribution in [2.75, 3.05) is 20.7 Å². The van der Waals surface area contributed by atoms with Crippen LogP contribution in [-0.4, -0.2) is 60.0 Å². The topological polar surface area (TPSA) is 79.2 Å². The van der Waals surface area contributed by atoms with Crippen LogP contribution in [0.5, 0.6) is 11.5 Å². The minimum absolute atomic E-state index is 0.00625. The molecule has 6 nitrogen and oxygen atoms in total. The number of hydrogen-bond donors (Lipinski definition) is 2. The van der Waals surface area contributed by atoms with Crippen LogP contribution in [0.2, 0.25) is 0 Å². The largest absolute Gasteiger partial charge is 0.493 e. The molecular formula is C20H27NO5. The number of aliphatic hydroxyl groups excluding tert-OH is 1. The van der Waals surface area contributed by atoms with Crippen molar-refractivity contribution in [3.63, 3.8) is 0 Å². The zero-order valence-electron chi connectivity index (χ0n) is 15.6. The number of piperidine rings is 1. The maximum Gasteiger partial charge on any atom is 0.300 e. The van der Waals surface area contributed by atoms with Gasteiger partial charge in [-0.15, -0.1) is 0 Å². The van der Waals surface area contributed by atoms with Crippen LogP contribution in [0.1, 0.15) is 37.3 Å². The van der Waals surface area contributed by atoms with E-state index in [4.69, 9.17) is 19.4 Å². The molecule has 4 aliphatic rings. The van der Waals surface area contributed by atoms with Crippen molar-refractivity contribution in [2.24, 2.45) is 5.92 Å². The monoisotopic (exact) mass is 361 g/mol. The predicted molar refractivity (Wildman–Crippen MR) is 95.9 cm³/mol. The highest BCUT2D eigenvalue weighted by Crippen LogP contribution is 2.63. The molecule has 26 heavy (non-hydrogen) atoms. The molecule has 0 aromatic heterocycles. The lowest BCUT2D eigenvalue weighted by Gasteiger charge is -2.58. The number of rotatable bonds is 1. The molecule has 2 fully saturated rings. The molecule has 2 bridgehead atoms. The van der Waals surface area contributed by atoms with Crippen molar-refractivity contribution in [2.45, 2.75) is 56.3 Å². The van der Waals surface area contributed by atoms with Gasteiger partial charge in [0.05, 0.1) is 13.2 Å². The van der Waals surface area contributed by atoms with Crippen LogP contribution in [0.4, 0.5) is 0 Å². The zero-order chi connectivity index (χ0) is 18.6. The molecule has 1 saturated heterocycles. The Morgan fingerprint density at radius 2 is 2.12 bits per heavy atom. The van der Waals surface area contributed by atoms with Gasteiger partial charge in [0, 0.05) is 23.9 Å². The number of likely N-dealkylation sites (tertiary alicyclic amines) is 1. The zero-order valence-corrected chi connectivity index (χ0v) is 15.6. The van der Waals surface area contributed by atoms with Gasteiger partial charge in [0.15, 0.2) is 11.5 Å². The fraction of sp³-hybridized carbons (Fsp3) is 0.650. The first-order chi connectivity index (χ1) is 12.4. The SMILES string of the molecule is CC(=O)O.COc1ccc2c3c1O[C@H]1[C@@H](O)CC[C@H]4[C@@H](C2)N(C)CC[C@@]341. The third kappa shape index (κ3) is 2.28. The van der Waals surface area contributed by atoms with Crippen molar-refractivity contribution in [1.29, 1.82) is 0 Å². The Kier molecular flexibility index (Phi) is 4.15. The molecule has 5 atom stereocenters. The summed E-state index contributed by atoms with van der Waals surface area (Å²) in [5.41, 5.74) is 2.77. The van der Waals surface area contributed by atoms with Crippen LogP contribution in [0.3, 0.4) is 0 Å². The van der Waals surface area contributed by atoms with Crippen LogP contribution in [0, 0.1) is 5.92 Å². The van der Waals surface area contributed by atoms with Crippen molar-refractivity contribution >= 4 is 5.97 Å². The minimum atomic E-state index is -0.833. The van der Waals surface area contributed by atoms with E-state index in [9.17, 15) is 5.11 Å².